The van der Waals surface area contributed by atoms with E-state index >= 15 is 0 Å². The van der Waals surface area contributed by atoms with Crippen molar-refractivity contribution >= 4 is 0 Å². The molecule has 0 amide bonds. The Kier molecular flexibility index (Phi) is 5.82. The summed E-state index contributed by atoms with van der Waals surface area (Å²) in [6.07, 6.45) is 0. The summed E-state index contributed by atoms with van der Waals surface area (Å²) in [6, 6.07) is 0.559. The summed E-state index contributed by atoms with van der Waals surface area (Å²) in [4.78, 5) is 2.56. The van der Waals surface area contributed by atoms with Crippen LogP contribution in [0.25, 0.3) is 0 Å². The molecule has 2 N–H and O–H groups in total. The Bertz CT molecular complexity index is 175. The Hall–Kier alpha value is -0.0800. The van der Waals surface area contributed by atoms with Crippen LogP contribution in [0.5, 0.6) is 0 Å². The summed E-state index contributed by atoms with van der Waals surface area (Å²) >= 11 is 0. The summed E-state index contributed by atoms with van der Waals surface area (Å²) in [5.74, 6) is 1.28. The molecule has 0 aromatic carbocycles. The van der Waals surface area contributed by atoms with Crippen LogP contribution in [-0.4, -0.2) is 29.6 Å². The summed E-state index contributed by atoms with van der Waals surface area (Å²) in [5.41, 5.74) is 6.10. The fourth-order valence-electron chi connectivity index (χ4n) is 2.09. The van der Waals surface area contributed by atoms with Crippen molar-refractivity contribution in [1.29, 1.82) is 0 Å². The van der Waals surface area contributed by atoms with Gasteiger partial charge >= 0.3 is 0 Å². The van der Waals surface area contributed by atoms with Crippen molar-refractivity contribution in [2.45, 2.75) is 60.0 Å². The van der Waals surface area contributed by atoms with Gasteiger partial charge in [0.2, 0.25) is 0 Å². The van der Waals surface area contributed by atoms with E-state index in [2.05, 4.69) is 53.4 Å². The molecule has 0 radical (unpaired) electrons. The van der Waals surface area contributed by atoms with E-state index in [4.69, 9.17) is 5.73 Å². The minimum absolute atomic E-state index is 0.123. The largest absolute Gasteiger partial charge is 0.329 e. The average molecular weight is 214 g/mol. The summed E-state index contributed by atoms with van der Waals surface area (Å²) < 4.78 is 0. The van der Waals surface area contributed by atoms with Crippen molar-refractivity contribution < 1.29 is 0 Å². The lowest BCUT2D eigenvalue weighted by atomic mass is 9.85. The van der Waals surface area contributed by atoms with Gasteiger partial charge in [0.15, 0.2) is 0 Å². The maximum Gasteiger partial charge on any atom is 0.0329 e. The van der Waals surface area contributed by atoms with Crippen molar-refractivity contribution in [3.8, 4) is 0 Å². The first-order chi connectivity index (χ1) is 6.75. The van der Waals surface area contributed by atoms with Crippen LogP contribution in [0.3, 0.4) is 0 Å². The molecular formula is C13H30N2. The van der Waals surface area contributed by atoms with Gasteiger partial charge in [-0.3, -0.25) is 4.90 Å². The highest BCUT2D eigenvalue weighted by Crippen LogP contribution is 2.26. The number of nitrogens with zero attached hydrogens (tertiary/aromatic N) is 1. The number of hydrogen-bond acceptors (Lipinski definition) is 2. The second-order valence-electron chi connectivity index (χ2n) is 5.86. The van der Waals surface area contributed by atoms with E-state index in [1.54, 1.807) is 0 Å². The molecule has 0 rings (SSSR count). The molecule has 92 valence electrons. The second-order valence-corrected chi connectivity index (χ2v) is 5.86. The molecule has 0 saturated heterocycles. The second kappa shape index (κ2) is 5.86. The molecule has 0 spiro atoms. The molecule has 2 nitrogen and oxygen atoms in total. The van der Waals surface area contributed by atoms with E-state index in [0.717, 1.165) is 13.1 Å². The van der Waals surface area contributed by atoms with E-state index in [-0.39, 0.29) is 5.54 Å². The molecule has 0 saturated carbocycles. The zero-order valence-corrected chi connectivity index (χ0v) is 11.7. The lowest BCUT2D eigenvalue weighted by Gasteiger charge is -2.47. The molecule has 0 aliphatic rings. The first-order valence-corrected chi connectivity index (χ1v) is 6.22. The molecule has 0 heterocycles. The number of hydrogen-bond donors (Lipinski definition) is 1. The van der Waals surface area contributed by atoms with Gasteiger partial charge in [0.1, 0.15) is 0 Å². The lowest BCUT2D eigenvalue weighted by molar-refractivity contribution is 0.0281. The maximum absolute atomic E-state index is 5.98. The van der Waals surface area contributed by atoms with Crippen molar-refractivity contribution in [3.63, 3.8) is 0 Å². The van der Waals surface area contributed by atoms with Crippen LogP contribution in [0.1, 0.15) is 48.5 Å². The molecule has 1 atom stereocenters. The van der Waals surface area contributed by atoms with E-state index < -0.39 is 0 Å². The average Bonchev–Trinajstić information content (AvgIpc) is 2.12. The zero-order chi connectivity index (χ0) is 12.2. The van der Waals surface area contributed by atoms with Crippen LogP contribution < -0.4 is 5.73 Å². The predicted molar refractivity (Wildman–Crippen MR) is 69.0 cm³/mol. The van der Waals surface area contributed by atoms with Gasteiger partial charge in [-0.25, -0.2) is 0 Å². The Labute approximate surface area is 96.2 Å². The first-order valence-electron chi connectivity index (χ1n) is 6.22. The van der Waals surface area contributed by atoms with Gasteiger partial charge in [0, 0.05) is 24.7 Å². The van der Waals surface area contributed by atoms with Crippen molar-refractivity contribution in [3.05, 3.63) is 0 Å². The minimum Gasteiger partial charge on any atom is -0.329 e. The molecule has 2 heteroatoms. The topological polar surface area (TPSA) is 29.3 Å². The standard InChI is InChI=1S/C13H30N2/c1-10(2)8-15(12(5)6)13(7,9-14)11(3)4/h10-12H,8-9,14H2,1-7H3. The fraction of sp³-hybridized carbons (Fsp3) is 1.00. The molecule has 0 aromatic heterocycles. The molecule has 1 unspecified atom stereocenters. The lowest BCUT2D eigenvalue weighted by Crippen LogP contribution is -2.58. The third-order valence-corrected chi connectivity index (χ3v) is 3.50. The molecule has 0 fully saturated rings. The normalized spacial score (nSPS) is 16.8. The molecule has 0 aliphatic heterocycles. The molecule has 0 aliphatic carbocycles. The van der Waals surface area contributed by atoms with Gasteiger partial charge in [-0.15, -0.1) is 0 Å². The molecule has 0 aromatic rings. The maximum atomic E-state index is 5.98. The first kappa shape index (κ1) is 14.9. The Morgan fingerprint density at radius 2 is 1.53 bits per heavy atom. The van der Waals surface area contributed by atoms with Gasteiger partial charge < -0.3 is 5.73 Å². The van der Waals surface area contributed by atoms with E-state index in [0.29, 0.717) is 17.9 Å². The Balaban J connectivity index is 4.85. The van der Waals surface area contributed by atoms with Gasteiger partial charge in [0.25, 0.3) is 0 Å². The zero-order valence-electron chi connectivity index (χ0n) is 11.7. The van der Waals surface area contributed by atoms with Crippen LogP contribution in [0.4, 0.5) is 0 Å². The third-order valence-electron chi connectivity index (χ3n) is 3.50. The highest BCUT2D eigenvalue weighted by atomic mass is 15.2. The predicted octanol–water partition coefficient (Wildman–Crippen LogP) is 2.73. The van der Waals surface area contributed by atoms with Crippen molar-refractivity contribution in [2.24, 2.45) is 17.6 Å². The van der Waals surface area contributed by atoms with Crippen LogP contribution in [0.2, 0.25) is 0 Å². The Morgan fingerprint density at radius 1 is 1.07 bits per heavy atom. The van der Waals surface area contributed by atoms with Crippen LogP contribution in [-0.2, 0) is 0 Å². The molecule has 15 heavy (non-hydrogen) atoms. The van der Waals surface area contributed by atoms with Gasteiger partial charge in [-0.05, 0) is 32.6 Å². The molecule has 0 bridgehead atoms. The van der Waals surface area contributed by atoms with Crippen LogP contribution in [0, 0.1) is 11.8 Å². The smallest absolute Gasteiger partial charge is 0.0329 e. The quantitative estimate of drug-likeness (QED) is 0.736. The highest BCUT2D eigenvalue weighted by Gasteiger charge is 2.35. The fourth-order valence-corrected chi connectivity index (χ4v) is 2.09. The summed E-state index contributed by atoms with van der Waals surface area (Å²) in [5, 5.41) is 0. The van der Waals surface area contributed by atoms with E-state index in [1.165, 1.54) is 0 Å². The van der Waals surface area contributed by atoms with Crippen LogP contribution in [0.15, 0.2) is 0 Å². The van der Waals surface area contributed by atoms with Crippen molar-refractivity contribution in [1.82, 2.24) is 4.90 Å². The summed E-state index contributed by atoms with van der Waals surface area (Å²) in [6.45, 7) is 17.8. The van der Waals surface area contributed by atoms with Gasteiger partial charge in [0.05, 0.1) is 0 Å². The van der Waals surface area contributed by atoms with Gasteiger partial charge in [-0.1, -0.05) is 27.7 Å². The monoisotopic (exact) mass is 214 g/mol. The van der Waals surface area contributed by atoms with Gasteiger partial charge in [-0.2, -0.15) is 0 Å². The highest BCUT2D eigenvalue weighted by molar-refractivity contribution is 4.92. The van der Waals surface area contributed by atoms with Crippen molar-refractivity contribution in [2.75, 3.05) is 13.1 Å². The Morgan fingerprint density at radius 3 is 1.73 bits per heavy atom. The number of nitrogens with two attached hydrogens (primary N) is 1. The third kappa shape index (κ3) is 3.76. The minimum atomic E-state index is 0.123. The summed E-state index contributed by atoms with van der Waals surface area (Å²) in [7, 11) is 0. The number of rotatable bonds is 6. The van der Waals surface area contributed by atoms with Crippen LogP contribution >= 0.6 is 0 Å². The molecular weight excluding hydrogens is 184 g/mol. The van der Waals surface area contributed by atoms with E-state index in [1.807, 2.05) is 0 Å². The van der Waals surface area contributed by atoms with E-state index in [9.17, 15) is 0 Å². The SMILES string of the molecule is CC(C)CN(C(C)C)C(C)(CN)C(C)C.